The standard InChI is InChI=1S/C21H23ClN4OS/c1-12-5-4-8-26(10-12)19-18-17(14(3)28-21(18)24-11-23-19)20(27)25-16-7-6-15(22)9-13(16)2/h6-7,9,11-12H,4-5,8,10H2,1-3H3,(H,25,27)/t12-/m1/s1. The molecule has 1 aliphatic heterocycles. The molecule has 7 heteroatoms. The highest BCUT2D eigenvalue weighted by atomic mass is 35.5. The van der Waals surface area contributed by atoms with E-state index in [1.54, 1.807) is 23.7 Å². The van der Waals surface area contributed by atoms with E-state index in [1.165, 1.54) is 6.42 Å². The second-order valence-electron chi connectivity index (χ2n) is 7.52. The van der Waals surface area contributed by atoms with Crippen molar-refractivity contribution in [2.75, 3.05) is 23.3 Å². The van der Waals surface area contributed by atoms with E-state index in [-0.39, 0.29) is 5.91 Å². The second-order valence-corrected chi connectivity index (χ2v) is 9.16. The molecule has 2 aromatic heterocycles. The van der Waals surface area contributed by atoms with Crippen LogP contribution in [0.25, 0.3) is 10.2 Å². The fourth-order valence-electron chi connectivity index (χ4n) is 3.88. The summed E-state index contributed by atoms with van der Waals surface area (Å²) in [6.07, 6.45) is 3.98. The smallest absolute Gasteiger partial charge is 0.257 e. The van der Waals surface area contributed by atoms with Gasteiger partial charge in [-0.2, -0.15) is 0 Å². The average Bonchev–Trinajstić information content (AvgIpc) is 3.00. The Kier molecular flexibility index (Phi) is 5.25. The molecule has 28 heavy (non-hydrogen) atoms. The van der Waals surface area contributed by atoms with Crippen LogP contribution in [0.5, 0.6) is 0 Å². The summed E-state index contributed by atoms with van der Waals surface area (Å²) in [6, 6.07) is 5.47. The van der Waals surface area contributed by atoms with Crippen molar-refractivity contribution in [3.8, 4) is 0 Å². The maximum absolute atomic E-state index is 13.2. The summed E-state index contributed by atoms with van der Waals surface area (Å²) in [5, 5.41) is 4.57. The number of nitrogens with one attached hydrogen (secondary N) is 1. The van der Waals surface area contributed by atoms with Crippen LogP contribution in [0.3, 0.4) is 0 Å². The van der Waals surface area contributed by atoms with Crippen LogP contribution in [0, 0.1) is 19.8 Å². The van der Waals surface area contributed by atoms with E-state index < -0.39 is 0 Å². The molecule has 4 rings (SSSR count). The van der Waals surface area contributed by atoms with Gasteiger partial charge in [0.1, 0.15) is 17.0 Å². The molecule has 1 saturated heterocycles. The Morgan fingerprint density at radius 2 is 2.14 bits per heavy atom. The Bertz CT molecular complexity index is 1050. The van der Waals surface area contributed by atoms with Crippen LogP contribution in [-0.2, 0) is 0 Å². The van der Waals surface area contributed by atoms with Crippen molar-refractivity contribution in [3.63, 3.8) is 0 Å². The van der Waals surface area contributed by atoms with E-state index in [1.807, 2.05) is 26.0 Å². The highest BCUT2D eigenvalue weighted by Gasteiger charge is 2.26. The molecule has 146 valence electrons. The minimum atomic E-state index is -0.129. The zero-order valence-corrected chi connectivity index (χ0v) is 17.8. The van der Waals surface area contributed by atoms with Gasteiger partial charge in [0.25, 0.3) is 5.91 Å². The predicted molar refractivity (Wildman–Crippen MR) is 117 cm³/mol. The molecule has 1 amide bonds. The Labute approximate surface area is 173 Å². The molecule has 5 nitrogen and oxygen atoms in total. The van der Waals surface area contributed by atoms with Gasteiger partial charge in [-0.05, 0) is 56.4 Å². The van der Waals surface area contributed by atoms with Crippen molar-refractivity contribution in [3.05, 3.63) is 45.6 Å². The van der Waals surface area contributed by atoms with Gasteiger partial charge in [0.2, 0.25) is 0 Å². The van der Waals surface area contributed by atoms with E-state index in [4.69, 9.17) is 11.6 Å². The lowest BCUT2D eigenvalue weighted by atomic mass is 10.00. The number of rotatable bonds is 3. The molecule has 1 fully saturated rings. The number of benzene rings is 1. The maximum atomic E-state index is 13.2. The van der Waals surface area contributed by atoms with Gasteiger partial charge in [0.15, 0.2) is 0 Å². The minimum absolute atomic E-state index is 0.129. The van der Waals surface area contributed by atoms with E-state index >= 15 is 0 Å². The van der Waals surface area contributed by atoms with Crippen molar-refractivity contribution >= 4 is 50.6 Å². The lowest BCUT2D eigenvalue weighted by molar-refractivity contribution is 0.102. The first-order chi connectivity index (χ1) is 13.4. The zero-order valence-electron chi connectivity index (χ0n) is 16.3. The molecule has 3 aromatic rings. The van der Waals surface area contributed by atoms with Gasteiger partial charge in [-0.25, -0.2) is 9.97 Å². The summed E-state index contributed by atoms with van der Waals surface area (Å²) in [5.41, 5.74) is 2.36. The number of nitrogens with zero attached hydrogens (tertiary/aromatic N) is 3. The lowest BCUT2D eigenvalue weighted by Crippen LogP contribution is -2.35. The van der Waals surface area contributed by atoms with Crippen LogP contribution in [0.15, 0.2) is 24.5 Å². The first-order valence-corrected chi connectivity index (χ1v) is 10.7. The molecular weight excluding hydrogens is 392 g/mol. The maximum Gasteiger partial charge on any atom is 0.257 e. The van der Waals surface area contributed by atoms with Crippen molar-refractivity contribution < 1.29 is 4.79 Å². The van der Waals surface area contributed by atoms with E-state index in [0.29, 0.717) is 16.5 Å². The number of amides is 1. The average molecular weight is 415 g/mol. The molecule has 1 atom stereocenters. The van der Waals surface area contributed by atoms with Gasteiger partial charge in [0, 0.05) is 28.7 Å². The Balaban J connectivity index is 1.76. The number of piperidine rings is 1. The Morgan fingerprint density at radius 1 is 1.32 bits per heavy atom. The first kappa shape index (κ1) is 19.2. The summed E-state index contributed by atoms with van der Waals surface area (Å²) >= 11 is 7.59. The van der Waals surface area contributed by atoms with Crippen LogP contribution >= 0.6 is 22.9 Å². The summed E-state index contributed by atoms with van der Waals surface area (Å²) in [5.74, 6) is 1.36. The third kappa shape index (κ3) is 3.59. The molecule has 0 aliphatic carbocycles. The number of halogens is 1. The number of anilines is 2. The topological polar surface area (TPSA) is 58.1 Å². The largest absolute Gasteiger partial charge is 0.356 e. The second kappa shape index (κ2) is 7.68. The first-order valence-electron chi connectivity index (χ1n) is 9.50. The predicted octanol–water partition coefficient (Wildman–Crippen LogP) is 5.45. The van der Waals surface area contributed by atoms with Gasteiger partial charge in [0.05, 0.1) is 10.9 Å². The van der Waals surface area contributed by atoms with Gasteiger partial charge in [-0.3, -0.25) is 4.79 Å². The minimum Gasteiger partial charge on any atom is -0.356 e. The van der Waals surface area contributed by atoms with Gasteiger partial charge in [-0.1, -0.05) is 18.5 Å². The zero-order chi connectivity index (χ0) is 19.8. The van der Waals surface area contributed by atoms with E-state index in [9.17, 15) is 4.79 Å². The highest BCUT2D eigenvalue weighted by Crippen LogP contribution is 2.37. The molecule has 0 radical (unpaired) electrons. The molecular formula is C21H23ClN4OS. The third-order valence-corrected chi connectivity index (χ3v) is 6.51. The molecule has 0 bridgehead atoms. The molecule has 1 aromatic carbocycles. The van der Waals surface area contributed by atoms with Crippen LogP contribution in [0.1, 0.15) is 40.6 Å². The van der Waals surface area contributed by atoms with Gasteiger partial charge >= 0.3 is 0 Å². The summed E-state index contributed by atoms with van der Waals surface area (Å²) in [6.45, 7) is 8.09. The fraction of sp³-hybridized carbons (Fsp3) is 0.381. The quantitative estimate of drug-likeness (QED) is 0.619. The summed E-state index contributed by atoms with van der Waals surface area (Å²) in [7, 11) is 0. The molecule has 1 N–H and O–H groups in total. The summed E-state index contributed by atoms with van der Waals surface area (Å²) in [4.78, 5) is 26.4. The fourth-order valence-corrected chi connectivity index (χ4v) is 5.08. The number of hydrogen-bond donors (Lipinski definition) is 1. The van der Waals surface area contributed by atoms with E-state index in [0.717, 1.165) is 51.7 Å². The number of thiophene rings is 1. The summed E-state index contributed by atoms with van der Waals surface area (Å²) < 4.78 is 0. The number of carbonyl (C=O) groups is 1. The Morgan fingerprint density at radius 3 is 2.89 bits per heavy atom. The van der Waals surface area contributed by atoms with Crippen LogP contribution < -0.4 is 10.2 Å². The molecule has 1 aliphatic rings. The number of fused-ring (bicyclic) bond motifs is 1. The van der Waals surface area contributed by atoms with Crippen molar-refractivity contribution in [1.29, 1.82) is 0 Å². The monoisotopic (exact) mass is 414 g/mol. The lowest BCUT2D eigenvalue weighted by Gasteiger charge is -2.32. The highest BCUT2D eigenvalue weighted by molar-refractivity contribution is 7.19. The van der Waals surface area contributed by atoms with E-state index in [2.05, 4.69) is 27.1 Å². The van der Waals surface area contributed by atoms with Crippen LogP contribution in [0.2, 0.25) is 5.02 Å². The SMILES string of the molecule is Cc1cc(Cl)ccc1NC(=O)c1c(C)sc2ncnc(N3CCC[C@@H](C)C3)c12. The Hall–Kier alpha value is -2.18. The normalized spacial score (nSPS) is 17.1. The van der Waals surface area contributed by atoms with Crippen molar-refractivity contribution in [1.82, 2.24) is 9.97 Å². The molecule has 0 unspecified atom stereocenters. The number of hydrogen-bond acceptors (Lipinski definition) is 5. The number of aromatic nitrogens is 2. The third-order valence-electron chi connectivity index (χ3n) is 5.26. The number of carbonyl (C=O) groups excluding carboxylic acids is 1. The van der Waals surface area contributed by atoms with Gasteiger partial charge in [-0.15, -0.1) is 11.3 Å². The van der Waals surface area contributed by atoms with Crippen LogP contribution in [-0.4, -0.2) is 29.0 Å². The van der Waals surface area contributed by atoms with Crippen LogP contribution in [0.4, 0.5) is 11.5 Å². The van der Waals surface area contributed by atoms with Gasteiger partial charge < -0.3 is 10.2 Å². The molecule has 3 heterocycles. The molecule has 0 spiro atoms. The van der Waals surface area contributed by atoms with Crippen molar-refractivity contribution in [2.24, 2.45) is 5.92 Å². The van der Waals surface area contributed by atoms with Crippen molar-refractivity contribution in [2.45, 2.75) is 33.6 Å². The molecule has 0 saturated carbocycles. The number of aryl methyl sites for hydroxylation is 2.